The van der Waals surface area contributed by atoms with E-state index in [0.717, 1.165) is 54.9 Å². The Morgan fingerprint density at radius 2 is 2.03 bits per heavy atom. The Bertz CT molecular complexity index is 1560. The molecular weight excluding hydrogens is 478 g/mol. The van der Waals surface area contributed by atoms with Gasteiger partial charge in [-0.15, -0.1) is 0 Å². The maximum absolute atomic E-state index is 12.6. The predicted molar refractivity (Wildman–Crippen MR) is 148 cm³/mol. The normalized spacial score (nSPS) is 13.0. The third kappa shape index (κ3) is 5.22. The molecule has 2 aromatic carbocycles. The van der Waals surface area contributed by atoms with Crippen LogP contribution in [0.2, 0.25) is 0 Å². The van der Waals surface area contributed by atoms with Crippen LogP contribution in [0.15, 0.2) is 79.5 Å². The van der Waals surface area contributed by atoms with E-state index in [9.17, 15) is 4.79 Å². The van der Waals surface area contributed by atoms with Crippen molar-refractivity contribution in [1.82, 2.24) is 29.5 Å². The van der Waals surface area contributed by atoms with Gasteiger partial charge >= 0.3 is 0 Å². The Kier molecular flexibility index (Phi) is 6.47. The third-order valence-electron chi connectivity index (χ3n) is 6.57. The number of amides is 1. The van der Waals surface area contributed by atoms with Gasteiger partial charge in [0.1, 0.15) is 11.6 Å². The lowest BCUT2D eigenvalue weighted by molar-refractivity contribution is 0.0950. The van der Waals surface area contributed by atoms with Crippen molar-refractivity contribution in [2.75, 3.05) is 11.9 Å². The number of benzene rings is 2. The number of hydrogen-bond donors (Lipinski definition) is 2. The fourth-order valence-electron chi connectivity index (χ4n) is 4.41. The van der Waals surface area contributed by atoms with Crippen LogP contribution in [0.4, 0.5) is 5.82 Å². The molecule has 0 atom stereocenters. The summed E-state index contributed by atoms with van der Waals surface area (Å²) in [6.07, 6.45) is 10.4. The highest BCUT2D eigenvalue weighted by Crippen LogP contribution is 2.31. The zero-order valence-electron chi connectivity index (χ0n) is 21.2. The van der Waals surface area contributed by atoms with E-state index in [1.54, 1.807) is 10.7 Å². The van der Waals surface area contributed by atoms with Crippen molar-refractivity contribution < 1.29 is 11.0 Å². The number of rotatable bonds is 10. The van der Waals surface area contributed by atoms with E-state index in [2.05, 4.69) is 25.3 Å². The number of aromatic nitrogens is 5. The molecule has 1 saturated carbocycles. The molecule has 1 fully saturated rings. The summed E-state index contributed by atoms with van der Waals surface area (Å²) in [7, 11) is 0. The monoisotopic (exact) mass is 509 g/mol. The number of para-hydroxylation sites is 1. The zero-order valence-corrected chi connectivity index (χ0v) is 21.2. The van der Waals surface area contributed by atoms with Crippen LogP contribution >= 0.6 is 0 Å². The van der Waals surface area contributed by atoms with Crippen molar-refractivity contribution in [2.24, 2.45) is 0 Å². The standard InChI is InChI=1S/C29H29N7O2.H2/c1-20-16-21(8-11-24(20)29(37)33-22-9-10-22)25-18-32-36-26(31-12-5-14-35-15-13-30-19-35)17-27(34-28(25)36)38-23-6-3-2-4-7-23;/h2-4,6-8,11,13,15-19,22,31H,5,9-10,12,14H2,1H3,(H,33,37);1H. The first-order chi connectivity index (χ1) is 18.6. The van der Waals surface area contributed by atoms with E-state index in [4.69, 9.17) is 9.72 Å². The molecule has 38 heavy (non-hydrogen) atoms. The van der Waals surface area contributed by atoms with E-state index in [1.807, 2.05) is 80.2 Å². The van der Waals surface area contributed by atoms with E-state index >= 15 is 0 Å². The Morgan fingerprint density at radius 1 is 1.16 bits per heavy atom. The first kappa shape index (κ1) is 23.7. The molecule has 0 spiro atoms. The van der Waals surface area contributed by atoms with Gasteiger partial charge in [-0.05, 0) is 55.5 Å². The molecule has 1 aliphatic rings. The summed E-state index contributed by atoms with van der Waals surface area (Å²) in [5.41, 5.74) is 4.08. The average Bonchev–Trinajstić information content (AvgIpc) is 3.39. The summed E-state index contributed by atoms with van der Waals surface area (Å²) in [6.45, 7) is 3.56. The highest BCUT2D eigenvalue weighted by atomic mass is 16.5. The number of nitrogens with zero attached hydrogens (tertiary/aromatic N) is 5. The molecule has 0 bridgehead atoms. The number of ether oxygens (including phenoxy) is 1. The van der Waals surface area contributed by atoms with Gasteiger partial charge in [-0.2, -0.15) is 14.6 Å². The van der Waals surface area contributed by atoms with Crippen LogP contribution < -0.4 is 15.4 Å². The molecule has 6 rings (SSSR count). The molecule has 3 aromatic heterocycles. The van der Waals surface area contributed by atoms with Crippen LogP contribution in [0.1, 0.15) is 36.6 Å². The van der Waals surface area contributed by atoms with Gasteiger partial charge in [0, 0.05) is 50.1 Å². The van der Waals surface area contributed by atoms with Gasteiger partial charge in [-0.1, -0.05) is 30.3 Å². The minimum atomic E-state index is -0.0183. The summed E-state index contributed by atoms with van der Waals surface area (Å²) in [4.78, 5) is 21.5. The Balaban J connectivity index is 0.00000308. The number of imidazole rings is 1. The number of fused-ring (bicyclic) bond motifs is 1. The number of aryl methyl sites for hydroxylation is 2. The van der Waals surface area contributed by atoms with Crippen LogP contribution in [-0.2, 0) is 6.54 Å². The molecule has 1 aliphatic carbocycles. The number of anilines is 1. The van der Waals surface area contributed by atoms with E-state index in [0.29, 0.717) is 28.9 Å². The number of nitrogens with one attached hydrogen (secondary N) is 2. The Morgan fingerprint density at radius 3 is 2.79 bits per heavy atom. The first-order valence-electron chi connectivity index (χ1n) is 12.9. The maximum atomic E-state index is 12.6. The minimum absolute atomic E-state index is 0. The van der Waals surface area contributed by atoms with Gasteiger partial charge in [0.25, 0.3) is 5.91 Å². The van der Waals surface area contributed by atoms with Crippen molar-refractivity contribution in [3.63, 3.8) is 0 Å². The minimum Gasteiger partial charge on any atom is -0.439 e. The SMILES string of the molecule is Cc1cc(-c2cnn3c(NCCCn4ccnc4)cc(Oc4ccccc4)nc23)ccc1C(=O)NC1CC1.[HH]. The summed E-state index contributed by atoms with van der Waals surface area (Å²) in [5, 5.41) is 11.2. The van der Waals surface area contributed by atoms with E-state index in [-0.39, 0.29) is 7.33 Å². The fraction of sp³-hybridized carbons (Fsp3) is 0.241. The predicted octanol–water partition coefficient (Wildman–Crippen LogP) is 5.33. The van der Waals surface area contributed by atoms with E-state index < -0.39 is 0 Å². The average molecular weight is 510 g/mol. The van der Waals surface area contributed by atoms with Crippen LogP contribution in [0.5, 0.6) is 11.6 Å². The summed E-state index contributed by atoms with van der Waals surface area (Å²) in [6, 6.07) is 17.6. The van der Waals surface area contributed by atoms with Gasteiger partial charge in [0.2, 0.25) is 5.88 Å². The molecule has 0 saturated heterocycles. The van der Waals surface area contributed by atoms with Gasteiger partial charge in [-0.3, -0.25) is 4.79 Å². The maximum Gasteiger partial charge on any atom is 0.251 e. The van der Waals surface area contributed by atoms with Gasteiger partial charge in [0.05, 0.1) is 12.5 Å². The molecular formula is C29H31N7O2. The lowest BCUT2D eigenvalue weighted by Crippen LogP contribution is -2.26. The Labute approximate surface area is 222 Å². The van der Waals surface area contributed by atoms with Crippen molar-refractivity contribution in [1.29, 1.82) is 0 Å². The first-order valence-corrected chi connectivity index (χ1v) is 12.9. The second-order valence-electron chi connectivity index (χ2n) is 9.55. The van der Waals surface area contributed by atoms with Gasteiger partial charge in [0.15, 0.2) is 5.65 Å². The lowest BCUT2D eigenvalue weighted by atomic mass is 10.0. The largest absolute Gasteiger partial charge is 0.439 e. The second-order valence-corrected chi connectivity index (χ2v) is 9.55. The van der Waals surface area contributed by atoms with Crippen LogP contribution in [0, 0.1) is 6.92 Å². The number of carbonyl (C=O) groups is 1. The topological polar surface area (TPSA) is 98.4 Å². The molecule has 0 radical (unpaired) electrons. The van der Waals surface area contributed by atoms with Crippen molar-refractivity contribution >= 4 is 17.4 Å². The second kappa shape index (κ2) is 10.4. The quantitative estimate of drug-likeness (QED) is 0.247. The zero-order chi connectivity index (χ0) is 25.9. The van der Waals surface area contributed by atoms with Gasteiger partial charge < -0.3 is 19.9 Å². The Hall–Kier alpha value is -4.66. The molecule has 2 N–H and O–H groups in total. The number of hydrogen-bond acceptors (Lipinski definition) is 6. The highest BCUT2D eigenvalue weighted by Gasteiger charge is 2.24. The molecule has 9 nitrogen and oxygen atoms in total. The summed E-state index contributed by atoms with van der Waals surface area (Å²) >= 11 is 0. The molecule has 194 valence electrons. The molecule has 1 amide bonds. The van der Waals surface area contributed by atoms with Crippen LogP contribution in [0.25, 0.3) is 16.8 Å². The van der Waals surface area contributed by atoms with Crippen molar-refractivity contribution in [2.45, 2.75) is 38.8 Å². The lowest BCUT2D eigenvalue weighted by Gasteiger charge is -2.12. The van der Waals surface area contributed by atoms with Crippen molar-refractivity contribution in [3.8, 4) is 22.8 Å². The number of carbonyl (C=O) groups excluding carboxylic acids is 1. The molecule has 0 unspecified atom stereocenters. The van der Waals surface area contributed by atoms with Gasteiger partial charge in [-0.25, -0.2) is 4.98 Å². The summed E-state index contributed by atoms with van der Waals surface area (Å²) < 4.78 is 9.96. The molecule has 0 aliphatic heterocycles. The van der Waals surface area contributed by atoms with Crippen LogP contribution in [0.3, 0.4) is 0 Å². The summed E-state index contributed by atoms with van der Waals surface area (Å²) in [5.74, 6) is 1.95. The third-order valence-corrected chi connectivity index (χ3v) is 6.57. The van der Waals surface area contributed by atoms with E-state index in [1.165, 1.54) is 0 Å². The smallest absolute Gasteiger partial charge is 0.251 e. The molecule has 9 heteroatoms. The fourth-order valence-corrected chi connectivity index (χ4v) is 4.41. The molecule has 5 aromatic rings. The highest BCUT2D eigenvalue weighted by molar-refractivity contribution is 5.97. The van der Waals surface area contributed by atoms with Crippen molar-refractivity contribution in [3.05, 3.63) is 90.6 Å². The molecule has 3 heterocycles. The van der Waals surface area contributed by atoms with Crippen LogP contribution in [-0.4, -0.2) is 42.6 Å².